The molecule has 0 unspecified atom stereocenters. The van der Waals surface area contributed by atoms with Crippen molar-refractivity contribution in [1.82, 2.24) is 19.6 Å². The van der Waals surface area contributed by atoms with Gasteiger partial charge in [0.1, 0.15) is 10.8 Å². The molecule has 0 radical (unpaired) electrons. The summed E-state index contributed by atoms with van der Waals surface area (Å²) in [6.07, 6.45) is 10.3. The summed E-state index contributed by atoms with van der Waals surface area (Å²) in [4.78, 5) is 16.2. The Bertz CT molecular complexity index is 995. The van der Waals surface area contributed by atoms with Gasteiger partial charge in [-0.3, -0.25) is 0 Å². The van der Waals surface area contributed by atoms with Gasteiger partial charge in [-0.1, -0.05) is 18.0 Å². The summed E-state index contributed by atoms with van der Waals surface area (Å²) in [6.45, 7) is 1.49. The number of thiophene rings is 1. The fourth-order valence-electron chi connectivity index (χ4n) is 4.86. The van der Waals surface area contributed by atoms with E-state index in [1.165, 1.54) is 6.07 Å². The van der Waals surface area contributed by atoms with Crippen molar-refractivity contribution in [3.8, 4) is 0 Å². The Balaban J connectivity index is 0.00000289. The third-order valence-electron chi connectivity index (χ3n) is 6.40. The minimum atomic E-state index is -3.66. The van der Waals surface area contributed by atoms with Crippen LogP contribution in [0.5, 0.6) is 0 Å². The van der Waals surface area contributed by atoms with E-state index < -0.39 is 16.1 Å². The number of hydrogen-bond acceptors (Lipinski definition) is 6. The molecule has 0 spiro atoms. The average molecular weight is 524 g/mol. The van der Waals surface area contributed by atoms with Crippen LogP contribution in [0.1, 0.15) is 38.5 Å². The van der Waals surface area contributed by atoms with Crippen LogP contribution < -0.4 is 10.0 Å². The third-order valence-corrected chi connectivity index (χ3v) is 9.57. The van der Waals surface area contributed by atoms with E-state index in [-0.39, 0.29) is 40.6 Å². The normalized spacial score (nSPS) is 24.7. The maximum absolute atomic E-state index is 12.9. The van der Waals surface area contributed by atoms with Crippen molar-refractivity contribution in [2.45, 2.75) is 55.3 Å². The Labute approximate surface area is 203 Å². The lowest BCUT2D eigenvalue weighted by Gasteiger charge is -2.40. The molecule has 2 fully saturated rings. The SMILES string of the molecule is Cl.O=C(NCCCn1ccnc1)OC[C@@]12CCC[C@@H](CC1)[C@@H]2NS(=O)(=O)c1ccc(Cl)s1. The fraction of sp³-hybridized carbons (Fsp3) is 0.600. The molecular formula is C20H28Cl2N4O4S2. The van der Waals surface area contributed by atoms with Gasteiger partial charge in [0.25, 0.3) is 0 Å². The first-order valence-corrected chi connectivity index (χ1v) is 13.2. The number of imidazole rings is 1. The zero-order valence-electron chi connectivity index (χ0n) is 17.5. The minimum Gasteiger partial charge on any atom is -0.449 e. The van der Waals surface area contributed by atoms with E-state index in [2.05, 4.69) is 15.0 Å². The molecule has 1 amide bonds. The van der Waals surface area contributed by atoms with Gasteiger partial charge in [-0.05, 0) is 50.2 Å². The number of alkyl carbamates (subject to hydrolysis) is 1. The number of ether oxygens (including phenoxy) is 1. The predicted octanol–water partition coefficient (Wildman–Crippen LogP) is 4.06. The Morgan fingerprint density at radius 2 is 2.19 bits per heavy atom. The Kier molecular flexibility index (Phi) is 8.48. The first kappa shape index (κ1) is 25.3. The van der Waals surface area contributed by atoms with Crippen molar-refractivity contribution in [1.29, 1.82) is 0 Å². The van der Waals surface area contributed by atoms with E-state index in [0.717, 1.165) is 56.4 Å². The largest absolute Gasteiger partial charge is 0.449 e. The van der Waals surface area contributed by atoms with Gasteiger partial charge in [0.05, 0.1) is 10.7 Å². The van der Waals surface area contributed by atoms with Crippen molar-refractivity contribution in [2.75, 3.05) is 13.2 Å². The molecule has 178 valence electrons. The van der Waals surface area contributed by atoms with E-state index in [0.29, 0.717) is 10.9 Å². The van der Waals surface area contributed by atoms with Crippen molar-refractivity contribution in [3.63, 3.8) is 0 Å². The highest BCUT2D eigenvalue weighted by molar-refractivity contribution is 7.91. The molecule has 2 saturated carbocycles. The molecule has 4 rings (SSSR count). The summed E-state index contributed by atoms with van der Waals surface area (Å²) in [7, 11) is -3.66. The van der Waals surface area contributed by atoms with Crippen LogP contribution in [0.15, 0.2) is 35.1 Å². The number of rotatable bonds is 9. The average Bonchev–Trinajstić information content (AvgIpc) is 3.44. The Morgan fingerprint density at radius 3 is 2.91 bits per heavy atom. The molecule has 2 aromatic heterocycles. The highest BCUT2D eigenvalue weighted by Gasteiger charge is 2.53. The second-order valence-corrected chi connectivity index (χ2v) is 12.0. The number of aromatic nitrogens is 2. The standard InChI is InChI=1S/C20H27ClN4O4S2.ClH/c21-16-4-5-17(30-16)31(27,28)24-18-15-3-1-7-20(18,8-6-15)13-29-19(26)23-9-2-11-25-12-10-22-14-25;/h4-5,10,12,14-15,18,24H,1-3,6-9,11,13H2,(H,23,26);1H/t15-,18-,20+;/m0./s1. The van der Waals surface area contributed by atoms with Gasteiger partial charge in [0.2, 0.25) is 10.0 Å². The summed E-state index contributed by atoms with van der Waals surface area (Å²) in [6, 6.07) is 2.88. The van der Waals surface area contributed by atoms with Crippen LogP contribution in [0.25, 0.3) is 0 Å². The van der Waals surface area contributed by atoms with Gasteiger partial charge in [-0.2, -0.15) is 0 Å². The number of hydrogen-bond donors (Lipinski definition) is 2. The third kappa shape index (κ3) is 5.77. The quantitative estimate of drug-likeness (QED) is 0.483. The van der Waals surface area contributed by atoms with Crippen molar-refractivity contribution < 1.29 is 17.9 Å². The van der Waals surface area contributed by atoms with Crippen LogP contribution in [0.2, 0.25) is 4.34 Å². The fourth-order valence-corrected chi connectivity index (χ4v) is 7.76. The van der Waals surface area contributed by atoms with Gasteiger partial charge in [0.15, 0.2) is 0 Å². The molecule has 2 aliphatic carbocycles. The second-order valence-electron chi connectivity index (χ2n) is 8.37. The zero-order valence-corrected chi connectivity index (χ0v) is 20.7. The first-order chi connectivity index (χ1) is 14.9. The van der Waals surface area contributed by atoms with Crippen LogP contribution in [0.4, 0.5) is 4.79 Å². The predicted molar refractivity (Wildman–Crippen MR) is 126 cm³/mol. The molecule has 3 atom stereocenters. The number of aryl methyl sites for hydroxylation is 1. The lowest BCUT2D eigenvalue weighted by Crippen LogP contribution is -2.52. The van der Waals surface area contributed by atoms with Crippen molar-refractivity contribution in [3.05, 3.63) is 35.2 Å². The number of halogens is 2. The lowest BCUT2D eigenvalue weighted by molar-refractivity contribution is 0.0473. The van der Waals surface area contributed by atoms with Crippen LogP contribution in [-0.4, -0.2) is 43.3 Å². The molecule has 0 aromatic carbocycles. The highest BCUT2D eigenvalue weighted by Crippen LogP contribution is 2.52. The number of sulfonamides is 1. The van der Waals surface area contributed by atoms with E-state index in [4.69, 9.17) is 16.3 Å². The van der Waals surface area contributed by atoms with Crippen molar-refractivity contribution in [2.24, 2.45) is 11.3 Å². The monoisotopic (exact) mass is 522 g/mol. The molecule has 0 saturated heterocycles. The molecule has 12 heteroatoms. The van der Waals surface area contributed by atoms with Crippen LogP contribution >= 0.6 is 35.3 Å². The summed E-state index contributed by atoms with van der Waals surface area (Å²) >= 11 is 6.98. The second kappa shape index (κ2) is 10.7. The molecular weight excluding hydrogens is 495 g/mol. The van der Waals surface area contributed by atoms with E-state index in [1.54, 1.807) is 18.6 Å². The minimum absolute atomic E-state index is 0. The molecule has 2 aromatic rings. The zero-order chi connectivity index (χ0) is 21.9. The molecule has 8 nitrogen and oxygen atoms in total. The van der Waals surface area contributed by atoms with Gasteiger partial charge in [-0.25, -0.2) is 22.9 Å². The molecule has 32 heavy (non-hydrogen) atoms. The number of nitrogens with zero attached hydrogens (tertiary/aromatic N) is 2. The number of nitrogens with one attached hydrogen (secondary N) is 2. The van der Waals surface area contributed by atoms with Gasteiger partial charge >= 0.3 is 6.09 Å². The molecule has 2 heterocycles. The number of fused-ring (bicyclic) bond motifs is 2. The number of carbonyl (C=O) groups excluding carboxylic acids is 1. The summed E-state index contributed by atoms with van der Waals surface area (Å²) in [5.41, 5.74) is -0.356. The van der Waals surface area contributed by atoms with Gasteiger partial charge in [0, 0.05) is 36.9 Å². The van der Waals surface area contributed by atoms with Crippen LogP contribution in [0, 0.1) is 11.3 Å². The van der Waals surface area contributed by atoms with Crippen LogP contribution in [-0.2, 0) is 21.3 Å². The molecule has 2 bridgehead atoms. The number of carbonyl (C=O) groups is 1. The Hall–Kier alpha value is -1.33. The maximum Gasteiger partial charge on any atom is 0.407 e. The summed E-state index contributed by atoms with van der Waals surface area (Å²) in [5, 5.41) is 2.78. The molecule has 2 aliphatic rings. The van der Waals surface area contributed by atoms with E-state index in [1.807, 2.05) is 10.8 Å². The van der Waals surface area contributed by atoms with E-state index >= 15 is 0 Å². The summed E-state index contributed by atoms with van der Waals surface area (Å²) in [5.74, 6) is 0.265. The summed E-state index contributed by atoms with van der Waals surface area (Å²) < 4.78 is 36.9. The smallest absolute Gasteiger partial charge is 0.407 e. The first-order valence-electron chi connectivity index (χ1n) is 10.5. The van der Waals surface area contributed by atoms with E-state index in [9.17, 15) is 13.2 Å². The Morgan fingerprint density at radius 1 is 1.34 bits per heavy atom. The molecule has 2 N–H and O–H groups in total. The molecule has 0 aliphatic heterocycles. The van der Waals surface area contributed by atoms with Gasteiger partial charge in [-0.15, -0.1) is 23.7 Å². The highest BCUT2D eigenvalue weighted by atomic mass is 35.5. The van der Waals surface area contributed by atoms with Gasteiger partial charge < -0.3 is 14.6 Å². The van der Waals surface area contributed by atoms with Crippen LogP contribution in [0.3, 0.4) is 0 Å². The maximum atomic E-state index is 12.9. The number of amides is 1. The topological polar surface area (TPSA) is 102 Å². The van der Waals surface area contributed by atoms with Crippen molar-refractivity contribution >= 4 is 51.5 Å². The lowest BCUT2D eigenvalue weighted by atomic mass is 9.72.